The van der Waals surface area contributed by atoms with E-state index in [4.69, 9.17) is 0 Å². The summed E-state index contributed by atoms with van der Waals surface area (Å²) in [6.45, 7) is 1.28. The van der Waals surface area contributed by atoms with Gasteiger partial charge in [0.25, 0.3) is 0 Å². The molecular formula is C20H21F3N2O2. The van der Waals surface area contributed by atoms with Gasteiger partial charge in [0.05, 0.1) is 12.1 Å². The molecule has 2 aliphatic rings. The van der Waals surface area contributed by atoms with Crippen LogP contribution in [0.4, 0.5) is 13.2 Å². The van der Waals surface area contributed by atoms with Crippen molar-refractivity contribution in [3.05, 3.63) is 35.4 Å². The van der Waals surface area contributed by atoms with Crippen LogP contribution >= 0.6 is 0 Å². The second-order valence-electron chi connectivity index (χ2n) is 6.97. The minimum absolute atomic E-state index is 0.0797. The first-order valence-corrected chi connectivity index (χ1v) is 9.07. The first kappa shape index (κ1) is 19.3. The lowest BCUT2D eigenvalue weighted by atomic mass is 9.95. The molecule has 0 bridgehead atoms. The van der Waals surface area contributed by atoms with E-state index in [1.807, 2.05) is 4.90 Å². The SMILES string of the molecule is O=C(NCC#Cc1cccc(C(F)(F)F)c1)C1CCN(C(=O)C2CC2)CC1. The van der Waals surface area contributed by atoms with Gasteiger partial charge < -0.3 is 10.2 Å². The Morgan fingerprint density at radius 1 is 1.11 bits per heavy atom. The van der Waals surface area contributed by atoms with Crippen molar-refractivity contribution < 1.29 is 22.8 Å². The molecule has 7 heteroatoms. The third kappa shape index (κ3) is 5.25. The number of alkyl halides is 3. The highest BCUT2D eigenvalue weighted by Gasteiger charge is 2.35. The van der Waals surface area contributed by atoms with Crippen LogP contribution in [0.5, 0.6) is 0 Å². The zero-order chi connectivity index (χ0) is 19.4. The molecule has 0 atom stereocenters. The van der Waals surface area contributed by atoms with Gasteiger partial charge in [0.2, 0.25) is 11.8 Å². The number of likely N-dealkylation sites (tertiary alicyclic amines) is 1. The topological polar surface area (TPSA) is 49.4 Å². The third-order valence-corrected chi connectivity index (χ3v) is 4.88. The Balaban J connectivity index is 1.44. The quantitative estimate of drug-likeness (QED) is 0.823. The van der Waals surface area contributed by atoms with Crippen LogP contribution in [-0.4, -0.2) is 36.3 Å². The Hall–Kier alpha value is -2.49. The number of piperidine rings is 1. The van der Waals surface area contributed by atoms with Crippen molar-refractivity contribution in [2.45, 2.75) is 31.9 Å². The molecule has 144 valence electrons. The summed E-state index contributed by atoms with van der Waals surface area (Å²) in [5, 5.41) is 2.71. The van der Waals surface area contributed by atoms with Gasteiger partial charge in [-0.15, -0.1) is 0 Å². The fourth-order valence-corrected chi connectivity index (χ4v) is 3.15. The Morgan fingerprint density at radius 2 is 1.81 bits per heavy atom. The molecule has 1 aromatic carbocycles. The van der Waals surface area contributed by atoms with Crippen LogP contribution in [0.1, 0.15) is 36.8 Å². The minimum Gasteiger partial charge on any atom is -0.345 e. The van der Waals surface area contributed by atoms with Crippen LogP contribution in [-0.2, 0) is 15.8 Å². The van der Waals surface area contributed by atoms with Crippen molar-refractivity contribution in [1.82, 2.24) is 10.2 Å². The van der Waals surface area contributed by atoms with Gasteiger partial charge in [-0.1, -0.05) is 17.9 Å². The zero-order valence-corrected chi connectivity index (χ0v) is 14.8. The van der Waals surface area contributed by atoms with E-state index >= 15 is 0 Å². The van der Waals surface area contributed by atoms with E-state index in [1.165, 1.54) is 12.1 Å². The molecule has 1 saturated carbocycles. The van der Waals surface area contributed by atoms with Gasteiger partial charge in [0.15, 0.2) is 0 Å². The van der Waals surface area contributed by atoms with E-state index in [-0.39, 0.29) is 35.8 Å². The summed E-state index contributed by atoms with van der Waals surface area (Å²) in [4.78, 5) is 26.0. The van der Waals surface area contributed by atoms with E-state index in [2.05, 4.69) is 17.2 Å². The summed E-state index contributed by atoms with van der Waals surface area (Å²) >= 11 is 0. The summed E-state index contributed by atoms with van der Waals surface area (Å²) in [7, 11) is 0. The molecule has 1 N–H and O–H groups in total. The van der Waals surface area contributed by atoms with Crippen molar-refractivity contribution in [2.75, 3.05) is 19.6 Å². The molecule has 2 fully saturated rings. The van der Waals surface area contributed by atoms with Gasteiger partial charge in [-0.3, -0.25) is 9.59 Å². The van der Waals surface area contributed by atoms with E-state index in [1.54, 1.807) is 0 Å². The minimum atomic E-state index is -4.40. The second-order valence-corrected chi connectivity index (χ2v) is 6.97. The maximum Gasteiger partial charge on any atom is 0.416 e. The number of halogens is 3. The molecule has 0 unspecified atom stereocenters. The molecular weight excluding hydrogens is 357 g/mol. The molecule has 2 amide bonds. The lowest BCUT2D eigenvalue weighted by Crippen LogP contribution is -2.43. The average molecular weight is 378 g/mol. The smallest absolute Gasteiger partial charge is 0.345 e. The highest BCUT2D eigenvalue weighted by molar-refractivity contribution is 5.82. The van der Waals surface area contributed by atoms with Gasteiger partial charge in [0.1, 0.15) is 0 Å². The van der Waals surface area contributed by atoms with Crippen molar-refractivity contribution in [3.63, 3.8) is 0 Å². The Bertz CT molecular complexity index is 767. The monoisotopic (exact) mass is 378 g/mol. The summed E-state index contributed by atoms with van der Waals surface area (Å²) in [5.74, 6) is 5.46. The fourth-order valence-electron chi connectivity index (χ4n) is 3.15. The van der Waals surface area contributed by atoms with E-state index in [9.17, 15) is 22.8 Å². The molecule has 1 aliphatic heterocycles. The summed E-state index contributed by atoms with van der Waals surface area (Å²) < 4.78 is 38.0. The predicted octanol–water partition coefficient (Wildman–Crippen LogP) is 2.82. The van der Waals surface area contributed by atoms with Gasteiger partial charge in [-0.05, 0) is 43.9 Å². The number of benzene rings is 1. The number of carbonyl (C=O) groups is 2. The molecule has 1 aromatic rings. The average Bonchev–Trinajstić information content (AvgIpc) is 3.49. The highest BCUT2D eigenvalue weighted by Crippen LogP contribution is 2.32. The van der Waals surface area contributed by atoms with Crippen LogP contribution in [0, 0.1) is 23.7 Å². The Kier molecular flexibility index (Phi) is 5.73. The molecule has 4 nitrogen and oxygen atoms in total. The third-order valence-electron chi connectivity index (χ3n) is 4.88. The first-order valence-electron chi connectivity index (χ1n) is 9.07. The lowest BCUT2D eigenvalue weighted by Gasteiger charge is -2.31. The van der Waals surface area contributed by atoms with Gasteiger partial charge >= 0.3 is 6.18 Å². The largest absolute Gasteiger partial charge is 0.416 e. The molecule has 0 aromatic heterocycles. The Labute approximate surface area is 156 Å². The Morgan fingerprint density at radius 3 is 2.44 bits per heavy atom. The highest BCUT2D eigenvalue weighted by atomic mass is 19.4. The van der Waals surface area contributed by atoms with Crippen LogP contribution in [0.3, 0.4) is 0 Å². The van der Waals surface area contributed by atoms with Gasteiger partial charge in [-0.2, -0.15) is 13.2 Å². The summed E-state index contributed by atoms with van der Waals surface area (Å²) in [6, 6.07) is 4.79. The first-order chi connectivity index (χ1) is 12.8. The predicted molar refractivity (Wildman–Crippen MR) is 93.4 cm³/mol. The summed E-state index contributed by atoms with van der Waals surface area (Å²) in [6.07, 6.45) is -1.19. The van der Waals surface area contributed by atoms with E-state index < -0.39 is 11.7 Å². The van der Waals surface area contributed by atoms with Crippen molar-refractivity contribution in [1.29, 1.82) is 0 Å². The molecule has 1 saturated heterocycles. The number of nitrogens with zero attached hydrogens (tertiary/aromatic N) is 1. The van der Waals surface area contributed by atoms with Crippen LogP contribution in [0.2, 0.25) is 0 Å². The maximum absolute atomic E-state index is 12.7. The molecule has 1 aliphatic carbocycles. The van der Waals surface area contributed by atoms with Crippen LogP contribution in [0.25, 0.3) is 0 Å². The fraction of sp³-hybridized carbons (Fsp3) is 0.500. The normalized spacial score (nSPS) is 17.8. The van der Waals surface area contributed by atoms with Crippen LogP contribution in [0.15, 0.2) is 24.3 Å². The molecule has 0 radical (unpaired) electrons. The summed E-state index contributed by atoms with van der Waals surface area (Å²) in [5.41, 5.74) is -0.489. The number of amides is 2. The molecule has 1 heterocycles. The molecule has 0 spiro atoms. The number of hydrogen-bond acceptors (Lipinski definition) is 2. The van der Waals surface area contributed by atoms with E-state index in [0.717, 1.165) is 25.0 Å². The number of rotatable bonds is 3. The van der Waals surface area contributed by atoms with Crippen molar-refractivity contribution in [3.8, 4) is 11.8 Å². The van der Waals surface area contributed by atoms with Crippen LogP contribution < -0.4 is 5.32 Å². The van der Waals surface area contributed by atoms with Gasteiger partial charge in [-0.25, -0.2) is 0 Å². The molecule has 3 rings (SSSR count). The standard InChI is InChI=1S/C20H21F3N2O2/c21-20(22,23)17-5-1-3-14(13-17)4-2-10-24-18(26)15-8-11-25(12-9-15)19(27)16-6-7-16/h1,3,5,13,15-16H,6-12H2,(H,24,26). The van der Waals surface area contributed by atoms with Gasteiger partial charge in [0, 0.05) is 30.5 Å². The number of hydrogen-bond donors (Lipinski definition) is 1. The number of carbonyl (C=O) groups excluding carboxylic acids is 2. The number of nitrogens with one attached hydrogen (secondary N) is 1. The van der Waals surface area contributed by atoms with Crippen molar-refractivity contribution in [2.24, 2.45) is 11.8 Å². The molecule has 27 heavy (non-hydrogen) atoms. The lowest BCUT2D eigenvalue weighted by molar-refractivity contribution is -0.137. The van der Waals surface area contributed by atoms with E-state index in [0.29, 0.717) is 25.9 Å². The maximum atomic E-state index is 12.7. The zero-order valence-electron chi connectivity index (χ0n) is 14.8. The van der Waals surface area contributed by atoms with Crippen molar-refractivity contribution >= 4 is 11.8 Å². The second kappa shape index (κ2) is 8.03.